The van der Waals surface area contributed by atoms with Crippen LogP contribution in [0, 0.1) is 12.3 Å². The highest BCUT2D eigenvalue weighted by molar-refractivity contribution is 7.07. The van der Waals surface area contributed by atoms with Crippen molar-refractivity contribution in [2.45, 2.75) is 38.8 Å². The summed E-state index contributed by atoms with van der Waals surface area (Å²) in [6, 6.07) is 10.5. The van der Waals surface area contributed by atoms with E-state index in [-0.39, 0.29) is 18.3 Å². The van der Waals surface area contributed by atoms with Crippen molar-refractivity contribution in [3.8, 4) is 0 Å². The molecule has 2 aromatic rings. The van der Waals surface area contributed by atoms with Gasteiger partial charge in [0.2, 0.25) is 0 Å². The Labute approximate surface area is 159 Å². The second-order valence-corrected chi connectivity index (χ2v) is 8.04. The number of nitrogens with zero attached hydrogens (tertiary/aromatic N) is 1. The second kappa shape index (κ2) is 7.48. The summed E-state index contributed by atoms with van der Waals surface area (Å²) in [7, 11) is 0. The fourth-order valence-corrected chi connectivity index (χ4v) is 4.65. The molecule has 1 N–H and O–H groups in total. The van der Waals surface area contributed by atoms with Crippen molar-refractivity contribution in [3.05, 3.63) is 57.8 Å². The highest BCUT2D eigenvalue weighted by Gasteiger charge is 2.57. The number of aryl methyl sites for hydroxylation is 1. The smallest absolute Gasteiger partial charge is 0.254 e. The highest BCUT2D eigenvalue weighted by atomic mass is 35.5. The number of carbonyl (C=O) groups excluding carboxylic acids is 1. The zero-order chi connectivity index (χ0) is 16.6. The van der Waals surface area contributed by atoms with Crippen LogP contribution < -0.4 is 5.32 Å². The normalized spacial score (nSPS) is 20.8. The summed E-state index contributed by atoms with van der Waals surface area (Å²) in [5, 5.41) is 7.70. The monoisotopic (exact) mass is 376 g/mol. The third-order valence-electron chi connectivity index (χ3n) is 5.61. The number of hydrogen-bond acceptors (Lipinski definition) is 3. The average Bonchev–Trinajstić information content (AvgIpc) is 3.04. The summed E-state index contributed by atoms with van der Waals surface area (Å²) in [6.45, 7) is 4.96. The van der Waals surface area contributed by atoms with E-state index >= 15 is 0 Å². The lowest BCUT2D eigenvalue weighted by Crippen LogP contribution is -2.39. The molecule has 1 unspecified atom stereocenters. The van der Waals surface area contributed by atoms with Gasteiger partial charge in [0.05, 0.1) is 0 Å². The first-order chi connectivity index (χ1) is 11.7. The Balaban J connectivity index is 0.00000182. The molecule has 1 saturated heterocycles. The number of amides is 1. The molecule has 1 saturated carbocycles. The van der Waals surface area contributed by atoms with Crippen LogP contribution in [0.3, 0.4) is 0 Å². The maximum Gasteiger partial charge on any atom is 0.254 e. The van der Waals surface area contributed by atoms with Gasteiger partial charge in [-0.15, -0.1) is 12.4 Å². The zero-order valence-electron chi connectivity index (χ0n) is 14.5. The molecule has 2 aliphatic rings. The Kier molecular flexibility index (Phi) is 5.52. The van der Waals surface area contributed by atoms with Gasteiger partial charge in [0, 0.05) is 18.2 Å². The Morgan fingerprint density at radius 3 is 2.60 bits per heavy atom. The van der Waals surface area contributed by atoms with Crippen LogP contribution in [0.25, 0.3) is 0 Å². The van der Waals surface area contributed by atoms with Gasteiger partial charge in [0.25, 0.3) is 5.91 Å². The highest BCUT2D eigenvalue weighted by Crippen LogP contribution is 2.56. The van der Waals surface area contributed by atoms with Crippen LogP contribution in [-0.4, -0.2) is 29.9 Å². The second-order valence-electron chi connectivity index (χ2n) is 7.26. The van der Waals surface area contributed by atoms with Crippen molar-refractivity contribution in [1.29, 1.82) is 0 Å². The lowest BCUT2D eigenvalue weighted by molar-refractivity contribution is 0.0692. The van der Waals surface area contributed by atoms with Gasteiger partial charge in [0.15, 0.2) is 0 Å². The van der Waals surface area contributed by atoms with Crippen LogP contribution in [0.5, 0.6) is 0 Å². The Hall–Kier alpha value is -1.36. The molecule has 3 nitrogen and oxygen atoms in total. The molecule has 1 atom stereocenters. The predicted octanol–water partition coefficient (Wildman–Crippen LogP) is 4.26. The Morgan fingerprint density at radius 2 is 1.96 bits per heavy atom. The molecule has 1 aliphatic heterocycles. The summed E-state index contributed by atoms with van der Waals surface area (Å²) in [6.07, 6.45) is 3.55. The SMILES string of the molecule is Cc1ccc(C(=O)N(Cc2ccsc2)C2CC23CCNCC3)cc1.Cl. The molecule has 4 rings (SSSR count). The van der Waals surface area contributed by atoms with Gasteiger partial charge < -0.3 is 10.2 Å². The third kappa shape index (κ3) is 3.76. The molecule has 2 heterocycles. The third-order valence-corrected chi connectivity index (χ3v) is 6.35. The molecule has 25 heavy (non-hydrogen) atoms. The maximum absolute atomic E-state index is 13.2. The lowest BCUT2D eigenvalue weighted by atomic mass is 9.93. The first-order valence-corrected chi connectivity index (χ1v) is 9.72. The van der Waals surface area contributed by atoms with E-state index in [0.29, 0.717) is 11.5 Å². The molecule has 134 valence electrons. The predicted molar refractivity (Wildman–Crippen MR) is 106 cm³/mol. The van der Waals surface area contributed by atoms with Crippen molar-refractivity contribution in [2.75, 3.05) is 13.1 Å². The van der Waals surface area contributed by atoms with Gasteiger partial charge >= 0.3 is 0 Å². The van der Waals surface area contributed by atoms with Crippen molar-refractivity contribution >= 4 is 29.7 Å². The lowest BCUT2D eigenvalue weighted by Gasteiger charge is -2.29. The standard InChI is InChI=1S/C20H24N2OS.ClH/c1-15-2-4-17(5-3-15)19(23)22(13-16-6-11-24-14-16)18-12-20(18)7-9-21-10-8-20;/h2-6,11,14,18,21H,7-10,12-13H2,1H3;1H. The first-order valence-electron chi connectivity index (χ1n) is 8.77. The van der Waals surface area contributed by atoms with E-state index < -0.39 is 0 Å². The fraction of sp³-hybridized carbons (Fsp3) is 0.450. The van der Waals surface area contributed by atoms with Crippen LogP contribution >= 0.6 is 23.7 Å². The Bertz CT molecular complexity index is 708. The summed E-state index contributed by atoms with van der Waals surface area (Å²) < 4.78 is 0. The van der Waals surface area contributed by atoms with E-state index in [1.54, 1.807) is 11.3 Å². The van der Waals surface area contributed by atoms with E-state index in [1.807, 2.05) is 24.3 Å². The number of thiophene rings is 1. The number of piperidine rings is 1. The quantitative estimate of drug-likeness (QED) is 0.864. The molecule has 1 aromatic heterocycles. The maximum atomic E-state index is 13.2. The molecule has 0 radical (unpaired) electrons. The van der Waals surface area contributed by atoms with Crippen molar-refractivity contribution in [2.24, 2.45) is 5.41 Å². The van der Waals surface area contributed by atoms with Crippen LogP contribution in [0.4, 0.5) is 0 Å². The molecule has 1 amide bonds. The number of rotatable bonds is 4. The number of carbonyl (C=O) groups is 1. The topological polar surface area (TPSA) is 32.3 Å². The van der Waals surface area contributed by atoms with E-state index in [9.17, 15) is 4.79 Å². The van der Waals surface area contributed by atoms with E-state index in [4.69, 9.17) is 0 Å². The minimum Gasteiger partial charge on any atom is -0.331 e. The largest absolute Gasteiger partial charge is 0.331 e. The van der Waals surface area contributed by atoms with Gasteiger partial charge in [-0.25, -0.2) is 0 Å². The van der Waals surface area contributed by atoms with E-state index in [1.165, 1.54) is 24.0 Å². The minimum atomic E-state index is 0. The molecule has 1 aromatic carbocycles. The molecule has 1 spiro atoms. The molecule has 0 bridgehead atoms. The molecule has 1 aliphatic carbocycles. The summed E-state index contributed by atoms with van der Waals surface area (Å²) >= 11 is 1.70. The van der Waals surface area contributed by atoms with Crippen LogP contribution in [0.15, 0.2) is 41.1 Å². The van der Waals surface area contributed by atoms with Crippen molar-refractivity contribution < 1.29 is 4.79 Å². The number of nitrogens with one attached hydrogen (secondary N) is 1. The van der Waals surface area contributed by atoms with Gasteiger partial charge in [0.1, 0.15) is 0 Å². The van der Waals surface area contributed by atoms with E-state index in [0.717, 1.165) is 31.6 Å². The average molecular weight is 377 g/mol. The zero-order valence-corrected chi connectivity index (χ0v) is 16.2. The molecular formula is C20H25ClN2OS. The summed E-state index contributed by atoms with van der Waals surface area (Å²) in [5.74, 6) is 0.182. The number of halogens is 1. The molecular weight excluding hydrogens is 352 g/mol. The van der Waals surface area contributed by atoms with Gasteiger partial charge in [-0.2, -0.15) is 11.3 Å². The fourth-order valence-electron chi connectivity index (χ4n) is 3.99. The first kappa shape index (κ1) is 18.4. The van der Waals surface area contributed by atoms with Gasteiger partial charge in [-0.3, -0.25) is 4.79 Å². The van der Waals surface area contributed by atoms with Crippen LogP contribution in [0.1, 0.15) is 40.7 Å². The van der Waals surface area contributed by atoms with Crippen LogP contribution in [-0.2, 0) is 6.54 Å². The van der Waals surface area contributed by atoms with Crippen molar-refractivity contribution in [1.82, 2.24) is 10.2 Å². The number of hydrogen-bond donors (Lipinski definition) is 1. The van der Waals surface area contributed by atoms with Crippen molar-refractivity contribution in [3.63, 3.8) is 0 Å². The minimum absolute atomic E-state index is 0. The van der Waals surface area contributed by atoms with Gasteiger partial charge in [-0.1, -0.05) is 17.7 Å². The summed E-state index contributed by atoms with van der Waals surface area (Å²) in [4.78, 5) is 15.3. The van der Waals surface area contributed by atoms with E-state index in [2.05, 4.69) is 34.0 Å². The summed E-state index contributed by atoms with van der Waals surface area (Å²) in [5.41, 5.74) is 3.61. The molecule has 2 fully saturated rings. The van der Waals surface area contributed by atoms with Crippen LogP contribution in [0.2, 0.25) is 0 Å². The number of benzene rings is 1. The molecule has 5 heteroatoms. The van der Waals surface area contributed by atoms with Gasteiger partial charge in [-0.05, 0) is 79.2 Å². The Morgan fingerprint density at radius 1 is 1.24 bits per heavy atom.